The average Bonchev–Trinajstić information content (AvgIpc) is 2.91. The zero-order valence-electron chi connectivity index (χ0n) is 20.7. The highest BCUT2D eigenvalue weighted by atomic mass is 35.5. The van der Waals surface area contributed by atoms with E-state index in [1.165, 1.54) is 11.8 Å². The van der Waals surface area contributed by atoms with Crippen LogP contribution in [0.4, 0.5) is 10.2 Å². The number of pyridine rings is 2. The molecule has 3 aromatic rings. The number of carbonyl (C=O) groups is 1. The van der Waals surface area contributed by atoms with Crippen LogP contribution >= 0.6 is 36.6 Å². The molecule has 2 aromatic heterocycles. The Labute approximate surface area is 237 Å². The number of benzene rings is 1. The topological polar surface area (TPSA) is 88.6 Å². The fourth-order valence-electron chi connectivity index (χ4n) is 5.04. The lowest BCUT2D eigenvalue weighted by molar-refractivity contribution is -0.113. The Bertz CT molecular complexity index is 1300. The lowest BCUT2D eigenvalue weighted by Gasteiger charge is -2.35. The monoisotopic (exact) mass is 581 g/mol. The SMILES string of the molecule is Cl.Cl.O=C1CSc2ccc(CNC3CCN(CCc4ccnc5ccc6c(c45)OCCO6)CC3F)nc2N1. The summed E-state index contributed by atoms with van der Waals surface area (Å²) < 4.78 is 26.8. The zero-order chi connectivity index (χ0) is 24.5. The highest BCUT2D eigenvalue weighted by Gasteiger charge is 2.29. The van der Waals surface area contributed by atoms with Gasteiger partial charge in [0.25, 0.3) is 0 Å². The smallest absolute Gasteiger partial charge is 0.235 e. The normalized spacial score (nSPS) is 20.6. The summed E-state index contributed by atoms with van der Waals surface area (Å²) in [6.45, 7) is 3.52. The summed E-state index contributed by atoms with van der Waals surface area (Å²) in [6.07, 6.45) is 2.36. The number of alkyl halides is 1. The Morgan fingerprint density at radius 3 is 2.89 bits per heavy atom. The van der Waals surface area contributed by atoms with Crippen LogP contribution in [0.5, 0.6) is 11.5 Å². The van der Waals surface area contributed by atoms with Crippen LogP contribution in [0.2, 0.25) is 0 Å². The number of hydrogen-bond donors (Lipinski definition) is 2. The highest BCUT2D eigenvalue weighted by Crippen LogP contribution is 2.39. The maximum absolute atomic E-state index is 15.1. The van der Waals surface area contributed by atoms with Crippen LogP contribution in [-0.4, -0.2) is 71.6 Å². The van der Waals surface area contributed by atoms with E-state index in [1.54, 1.807) is 0 Å². The minimum Gasteiger partial charge on any atom is -0.486 e. The number of ether oxygens (including phenoxy) is 2. The number of piperidine rings is 1. The summed E-state index contributed by atoms with van der Waals surface area (Å²) in [5.74, 6) is 2.50. The van der Waals surface area contributed by atoms with Crippen LogP contribution in [0, 0.1) is 0 Å². The van der Waals surface area contributed by atoms with Gasteiger partial charge in [-0.1, -0.05) is 0 Å². The highest BCUT2D eigenvalue weighted by molar-refractivity contribution is 8.00. The number of thioether (sulfide) groups is 1. The third kappa shape index (κ3) is 6.10. The van der Waals surface area contributed by atoms with Crippen LogP contribution < -0.4 is 20.1 Å². The van der Waals surface area contributed by atoms with E-state index in [9.17, 15) is 4.79 Å². The molecule has 38 heavy (non-hydrogen) atoms. The predicted octanol–water partition coefficient (Wildman–Crippen LogP) is 4.03. The molecule has 1 aromatic carbocycles. The van der Waals surface area contributed by atoms with Crippen molar-refractivity contribution in [3.8, 4) is 11.5 Å². The Morgan fingerprint density at radius 1 is 1.16 bits per heavy atom. The molecular weight excluding hydrogens is 552 g/mol. The molecule has 8 nitrogen and oxygen atoms in total. The molecule has 0 bridgehead atoms. The number of carbonyl (C=O) groups excluding carboxylic acids is 1. The van der Waals surface area contributed by atoms with E-state index in [0.717, 1.165) is 64.5 Å². The first-order chi connectivity index (χ1) is 17.6. The van der Waals surface area contributed by atoms with Crippen molar-refractivity contribution < 1.29 is 18.7 Å². The number of fused-ring (bicyclic) bond motifs is 4. The van der Waals surface area contributed by atoms with Gasteiger partial charge in [0.1, 0.15) is 25.2 Å². The van der Waals surface area contributed by atoms with E-state index in [2.05, 4.69) is 25.5 Å². The molecule has 0 radical (unpaired) electrons. The Balaban J connectivity index is 0.00000168. The molecule has 0 aliphatic carbocycles. The number of nitrogens with zero attached hydrogens (tertiary/aromatic N) is 3. The van der Waals surface area contributed by atoms with E-state index in [1.807, 2.05) is 36.5 Å². The molecule has 5 heterocycles. The number of rotatable bonds is 6. The standard InChI is InChI=1S/C26H28FN5O3S.2ClH/c27-18-14-32(9-6-16-5-8-28-20-2-3-21-25(24(16)20)35-12-11-34-21)10-7-19(18)29-13-17-1-4-22-26(30-17)31-23(33)15-36-22;;/h1-5,8,18-19,29H,6-7,9-15H2,(H,30,31,33);2*1H. The first-order valence-corrected chi connectivity index (χ1v) is 13.3. The van der Waals surface area contributed by atoms with Crippen molar-refractivity contribution >= 4 is 59.2 Å². The van der Waals surface area contributed by atoms with E-state index in [0.29, 0.717) is 37.9 Å². The van der Waals surface area contributed by atoms with E-state index >= 15 is 4.39 Å². The summed E-state index contributed by atoms with van der Waals surface area (Å²) in [6, 6.07) is 9.58. The van der Waals surface area contributed by atoms with Crippen molar-refractivity contribution in [3.63, 3.8) is 0 Å². The van der Waals surface area contributed by atoms with Crippen molar-refractivity contribution in [2.75, 3.05) is 43.9 Å². The van der Waals surface area contributed by atoms with Crippen LogP contribution in [0.25, 0.3) is 10.9 Å². The quantitative estimate of drug-likeness (QED) is 0.451. The molecule has 2 unspecified atom stereocenters. The Morgan fingerprint density at radius 2 is 2.03 bits per heavy atom. The van der Waals surface area contributed by atoms with Gasteiger partial charge in [-0.2, -0.15) is 0 Å². The van der Waals surface area contributed by atoms with Gasteiger partial charge >= 0.3 is 0 Å². The lowest BCUT2D eigenvalue weighted by atomic mass is 10.0. The van der Waals surface area contributed by atoms with Gasteiger partial charge in [0, 0.05) is 37.3 Å². The minimum atomic E-state index is -0.967. The summed E-state index contributed by atoms with van der Waals surface area (Å²) in [5.41, 5.74) is 2.82. The molecule has 1 saturated heterocycles. The predicted molar refractivity (Wildman–Crippen MR) is 151 cm³/mol. The Hall–Kier alpha value is -2.37. The molecule has 1 amide bonds. The van der Waals surface area contributed by atoms with Crippen LogP contribution in [0.3, 0.4) is 0 Å². The van der Waals surface area contributed by atoms with Crippen molar-refractivity contribution in [2.45, 2.75) is 36.5 Å². The maximum Gasteiger partial charge on any atom is 0.235 e. The van der Waals surface area contributed by atoms with E-state index < -0.39 is 6.17 Å². The number of likely N-dealkylation sites (tertiary alicyclic amines) is 1. The fourth-order valence-corrected chi connectivity index (χ4v) is 5.80. The van der Waals surface area contributed by atoms with E-state index in [4.69, 9.17) is 9.47 Å². The molecule has 0 saturated carbocycles. The van der Waals surface area contributed by atoms with Gasteiger partial charge < -0.3 is 20.1 Å². The number of aromatic nitrogens is 2. The molecule has 204 valence electrons. The third-order valence-corrected chi connectivity index (χ3v) is 7.95. The third-order valence-electron chi connectivity index (χ3n) is 6.90. The fraction of sp³-hybridized carbons (Fsp3) is 0.423. The number of hydrogen-bond acceptors (Lipinski definition) is 8. The van der Waals surface area contributed by atoms with Crippen LogP contribution in [0.15, 0.2) is 41.4 Å². The molecule has 6 rings (SSSR count). The second-order valence-electron chi connectivity index (χ2n) is 9.28. The Kier molecular flexibility index (Phi) is 9.54. The molecule has 0 spiro atoms. The van der Waals surface area contributed by atoms with Crippen LogP contribution in [-0.2, 0) is 17.8 Å². The molecule has 3 aliphatic rings. The number of amides is 1. The molecule has 3 aliphatic heterocycles. The van der Waals surface area contributed by atoms with Gasteiger partial charge in [0.05, 0.1) is 21.9 Å². The summed E-state index contributed by atoms with van der Waals surface area (Å²) in [5, 5.41) is 7.14. The van der Waals surface area contributed by atoms with Gasteiger partial charge in [0.2, 0.25) is 5.91 Å². The minimum absolute atomic E-state index is 0. The molecule has 2 atom stereocenters. The average molecular weight is 583 g/mol. The van der Waals surface area contributed by atoms with Crippen molar-refractivity contribution in [3.05, 3.63) is 47.8 Å². The number of halogens is 3. The first kappa shape index (κ1) is 28.6. The maximum atomic E-state index is 15.1. The molecule has 1 fully saturated rings. The molecular formula is C26H30Cl2FN5O3S. The second kappa shape index (κ2) is 12.7. The van der Waals surface area contributed by atoms with Gasteiger partial charge in [-0.15, -0.1) is 36.6 Å². The summed E-state index contributed by atoms with van der Waals surface area (Å²) in [4.78, 5) is 23.8. The van der Waals surface area contributed by atoms with Gasteiger partial charge in [-0.25, -0.2) is 9.37 Å². The van der Waals surface area contributed by atoms with Crippen molar-refractivity contribution in [1.82, 2.24) is 20.2 Å². The second-order valence-corrected chi connectivity index (χ2v) is 10.3. The number of nitrogens with one attached hydrogen (secondary N) is 2. The lowest BCUT2D eigenvalue weighted by Crippen LogP contribution is -2.51. The van der Waals surface area contributed by atoms with Crippen molar-refractivity contribution in [1.29, 1.82) is 0 Å². The molecule has 2 N–H and O–H groups in total. The summed E-state index contributed by atoms with van der Waals surface area (Å²) in [7, 11) is 0. The van der Waals surface area contributed by atoms with Crippen molar-refractivity contribution in [2.24, 2.45) is 0 Å². The first-order valence-electron chi connectivity index (χ1n) is 12.3. The summed E-state index contributed by atoms with van der Waals surface area (Å²) >= 11 is 1.49. The largest absolute Gasteiger partial charge is 0.486 e. The zero-order valence-corrected chi connectivity index (χ0v) is 23.1. The van der Waals surface area contributed by atoms with Gasteiger partial charge in [-0.05, 0) is 55.3 Å². The number of anilines is 1. The van der Waals surface area contributed by atoms with Crippen LogP contribution in [0.1, 0.15) is 17.7 Å². The van der Waals surface area contributed by atoms with Gasteiger partial charge in [0.15, 0.2) is 11.5 Å². The van der Waals surface area contributed by atoms with Gasteiger partial charge in [-0.3, -0.25) is 14.7 Å². The van der Waals surface area contributed by atoms with E-state index in [-0.39, 0.29) is 36.8 Å². The molecule has 12 heteroatoms.